The summed E-state index contributed by atoms with van der Waals surface area (Å²) in [5.74, 6) is 0.354. The molecule has 0 saturated heterocycles. The van der Waals surface area contributed by atoms with Crippen LogP contribution in [0.1, 0.15) is 0 Å². The molecule has 0 amide bonds. The molecule has 0 bridgehead atoms. The first kappa shape index (κ1) is 5.05. The van der Waals surface area contributed by atoms with E-state index in [1.165, 1.54) is 6.20 Å². The Bertz CT molecular complexity index is 152. The highest BCUT2D eigenvalue weighted by Crippen LogP contribution is 2.02. The van der Waals surface area contributed by atoms with E-state index < -0.39 is 0 Å². The molecule has 0 spiro atoms. The molecule has 0 aliphatic heterocycles. The molecule has 0 aliphatic carbocycles. The quantitative estimate of drug-likeness (QED) is 0.433. The van der Waals surface area contributed by atoms with Crippen molar-refractivity contribution in [1.82, 2.24) is 4.98 Å². The minimum atomic E-state index is 0.354. The van der Waals surface area contributed by atoms with E-state index in [1.807, 2.05) is 0 Å². The fraction of sp³-hybridized carbons (Fsp3) is 0. The van der Waals surface area contributed by atoms with E-state index in [-0.39, 0.29) is 0 Å². The molecule has 1 aromatic rings. The summed E-state index contributed by atoms with van der Waals surface area (Å²) in [4.78, 5) is 7.52. The Balaban J connectivity index is 2.83. The first-order valence-corrected chi connectivity index (χ1v) is 2.15. The van der Waals surface area contributed by atoms with Gasteiger partial charge in [0.2, 0.25) is 0 Å². The summed E-state index contributed by atoms with van der Waals surface area (Å²) in [7, 11) is 0. The van der Waals surface area contributed by atoms with E-state index in [9.17, 15) is 0 Å². The van der Waals surface area contributed by atoms with Crippen molar-refractivity contribution in [2.45, 2.75) is 0 Å². The van der Waals surface area contributed by atoms with Gasteiger partial charge in [0.05, 0.1) is 6.20 Å². The Kier molecular flexibility index (Phi) is 1.44. The van der Waals surface area contributed by atoms with Crippen LogP contribution in [-0.4, -0.2) is 10.2 Å². The summed E-state index contributed by atoms with van der Waals surface area (Å²) in [6, 6.07) is 3.28. The van der Waals surface area contributed by atoms with Gasteiger partial charge >= 0.3 is 0 Å². The Labute approximate surface area is 46.5 Å². The summed E-state index contributed by atoms with van der Waals surface area (Å²) < 4.78 is 0. The van der Waals surface area contributed by atoms with Crippen LogP contribution in [0, 0.1) is 0 Å². The first-order valence-electron chi connectivity index (χ1n) is 2.15. The monoisotopic (exact) mass is 111 g/mol. The van der Waals surface area contributed by atoms with Gasteiger partial charge in [-0.05, 0) is 12.1 Å². The number of hydrogen-bond donors (Lipinski definition) is 1. The Morgan fingerprint density at radius 3 is 2.88 bits per heavy atom. The lowest BCUT2D eigenvalue weighted by atomic mass is 10.5. The third-order valence-electron chi connectivity index (χ3n) is 0.740. The van der Waals surface area contributed by atoms with Gasteiger partial charge in [-0.25, -0.2) is 5.26 Å². The van der Waals surface area contributed by atoms with Crippen molar-refractivity contribution in [1.29, 1.82) is 0 Å². The van der Waals surface area contributed by atoms with Gasteiger partial charge in [-0.1, -0.05) is 0 Å². The highest BCUT2D eigenvalue weighted by Gasteiger charge is 1.84. The second-order valence-electron chi connectivity index (χ2n) is 1.28. The third kappa shape index (κ3) is 0.946. The van der Waals surface area contributed by atoms with E-state index in [2.05, 4.69) is 9.87 Å². The highest BCUT2D eigenvalue weighted by molar-refractivity contribution is 5.14. The summed E-state index contributed by atoms with van der Waals surface area (Å²) >= 11 is 0. The van der Waals surface area contributed by atoms with Gasteiger partial charge in [0.15, 0.2) is 5.75 Å². The molecule has 0 aliphatic rings. The topological polar surface area (TPSA) is 42.4 Å². The van der Waals surface area contributed by atoms with Crippen LogP contribution in [0.5, 0.6) is 5.75 Å². The zero-order valence-electron chi connectivity index (χ0n) is 4.11. The van der Waals surface area contributed by atoms with Gasteiger partial charge in [-0.15, -0.1) is 0 Å². The second kappa shape index (κ2) is 2.28. The number of hydrogen-bond acceptors (Lipinski definition) is 3. The zero-order chi connectivity index (χ0) is 5.82. The second-order valence-corrected chi connectivity index (χ2v) is 1.28. The Morgan fingerprint density at radius 2 is 2.50 bits per heavy atom. The Morgan fingerprint density at radius 1 is 1.62 bits per heavy atom. The molecular weight excluding hydrogens is 106 g/mol. The van der Waals surface area contributed by atoms with Gasteiger partial charge in [0, 0.05) is 6.20 Å². The van der Waals surface area contributed by atoms with Crippen molar-refractivity contribution in [2.24, 2.45) is 0 Å². The van der Waals surface area contributed by atoms with Crippen LogP contribution in [0.4, 0.5) is 0 Å². The molecule has 0 atom stereocenters. The van der Waals surface area contributed by atoms with Gasteiger partial charge in [0.25, 0.3) is 0 Å². The van der Waals surface area contributed by atoms with E-state index >= 15 is 0 Å². The minimum Gasteiger partial charge on any atom is -0.339 e. The first-order chi connectivity index (χ1) is 3.93. The molecule has 1 rings (SSSR count). The molecule has 3 nitrogen and oxygen atoms in total. The van der Waals surface area contributed by atoms with Gasteiger partial charge in [-0.2, -0.15) is 0 Å². The van der Waals surface area contributed by atoms with Crippen LogP contribution >= 0.6 is 0 Å². The maximum Gasteiger partial charge on any atom is 0.183 e. The third-order valence-corrected chi connectivity index (χ3v) is 0.740. The average molecular weight is 111 g/mol. The smallest absolute Gasteiger partial charge is 0.183 e. The van der Waals surface area contributed by atoms with E-state index in [4.69, 9.17) is 5.26 Å². The Hall–Kier alpha value is -1.09. The molecule has 8 heavy (non-hydrogen) atoms. The van der Waals surface area contributed by atoms with Crippen LogP contribution in [0.25, 0.3) is 0 Å². The maximum atomic E-state index is 8.00. The van der Waals surface area contributed by atoms with E-state index in [1.54, 1.807) is 18.3 Å². The fourth-order valence-electron chi connectivity index (χ4n) is 0.401. The SMILES string of the molecule is OOc1cccnc1. The van der Waals surface area contributed by atoms with E-state index in [0.717, 1.165) is 0 Å². The molecule has 0 aromatic carbocycles. The molecule has 1 heterocycles. The summed E-state index contributed by atoms with van der Waals surface area (Å²) in [6.07, 6.45) is 3.02. The van der Waals surface area contributed by atoms with Crippen molar-refractivity contribution < 1.29 is 10.1 Å². The van der Waals surface area contributed by atoms with Gasteiger partial charge < -0.3 is 4.89 Å². The molecule has 0 fully saturated rings. The molecule has 0 radical (unpaired) electrons. The predicted octanol–water partition coefficient (Wildman–Crippen LogP) is 0.933. The lowest BCUT2D eigenvalue weighted by Crippen LogP contribution is -1.82. The molecule has 1 N–H and O–H groups in total. The van der Waals surface area contributed by atoms with Crippen molar-refractivity contribution in [3.05, 3.63) is 24.5 Å². The molecule has 1 aromatic heterocycles. The fourth-order valence-corrected chi connectivity index (χ4v) is 0.401. The largest absolute Gasteiger partial charge is 0.339 e. The lowest BCUT2D eigenvalue weighted by Gasteiger charge is -1.89. The zero-order valence-corrected chi connectivity index (χ0v) is 4.11. The standard InChI is InChI=1S/C5H5NO2/c7-8-5-2-1-3-6-4-5/h1-4,7H. The van der Waals surface area contributed by atoms with Crippen LogP contribution in [0.3, 0.4) is 0 Å². The number of rotatable bonds is 1. The minimum absolute atomic E-state index is 0.354. The molecule has 3 heteroatoms. The number of pyridine rings is 1. The lowest BCUT2D eigenvalue weighted by molar-refractivity contribution is -0.137. The molecule has 0 saturated carbocycles. The molecular formula is C5H5NO2. The van der Waals surface area contributed by atoms with Gasteiger partial charge in [-0.3, -0.25) is 4.98 Å². The molecule has 42 valence electrons. The summed E-state index contributed by atoms with van der Waals surface area (Å²) in [5, 5.41) is 8.00. The number of nitrogens with zero attached hydrogens (tertiary/aromatic N) is 1. The normalized spacial score (nSPS) is 8.62. The molecule has 0 unspecified atom stereocenters. The predicted molar refractivity (Wildman–Crippen MR) is 27.5 cm³/mol. The van der Waals surface area contributed by atoms with Crippen LogP contribution in [0.15, 0.2) is 24.5 Å². The summed E-state index contributed by atoms with van der Waals surface area (Å²) in [6.45, 7) is 0. The highest BCUT2D eigenvalue weighted by atomic mass is 17.1. The maximum absolute atomic E-state index is 8.00. The van der Waals surface area contributed by atoms with Crippen LogP contribution < -0.4 is 4.89 Å². The van der Waals surface area contributed by atoms with Crippen molar-refractivity contribution in [3.8, 4) is 5.75 Å². The van der Waals surface area contributed by atoms with Crippen molar-refractivity contribution >= 4 is 0 Å². The van der Waals surface area contributed by atoms with Crippen molar-refractivity contribution in [3.63, 3.8) is 0 Å². The van der Waals surface area contributed by atoms with E-state index in [0.29, 0.717) is 5.75 Å². The van der Waals surface area contributed by atoms with Crippen LogP contribution in [-0.2, 0) is 0 Å². The van der Waals surface area contributed by atoms with Gasteiger partial charge in [0.1, 0.15) is 0 Å². The van der Waals surface area contributed by atoms with Crippen molar-refractivity contribution in [2.75, 3.05) is 0 Å². The number of aromatic nitrogens is 1. The average Bonchev–Trinajstić information content (AvgIpc) is 1.90. The van der Waals surface area contributed by atoms with Crippen LogP contribution in [0.2, 0.25) is 0 Å². The summed E-state index contributed by atoms with van der Waals surface area (Å²) in [5.41, 5.74) is 0.